The van der Waals surface area contributed by atoms with Gasteiger partial charge in [-0.05, 0) is 44.0 Å². The van der Waals surface area contributed by atoms with Crippen LogP contribution in [0.1, 0.15) is 55.2 Å². The molecule has 8 heteroatoms. The Hall–Kier alpha value is -3.26. The Morgan fingerprint density at radius 3 is 2.71 bits per heavy atom. The maximum Gasteiger partial charge on any atom is 0.226 e. The zero-order chi connectivity index (χ0) is 24.0. The predicted octanol–water partition coefficient (Wildman–Crippen LogP) is 6.66. The zero-order valence-electron chi connectivity index (χ0n) is 20.2. The van der Waals surface area contributed by atoms with Crippen LogP contribution in [0.15, 0.2) is 64.4 Å². The monoisotopic (exact) mass is 489 g/mol. The van der Waals surface area contributed by atoms with Crippen LogP contribution in [0.25, 0.3) is 11.5 Å². The third-order valence-electron chi connectivity index (χ3n) is 6.39. The number of hydrogen-bond donors (Lipinski definition) is 1. The topological polar surface area (TPSA) is 78.0 Å². The summed E-state index contributed by atoms with van der Waals surface area (Å²) in [6.45, 7) is 2.68. The van der Waals surface area contributed by atoms with Gasteiger partial charge in [0, 0.05) is 29.1 Å². The number of benzene rings is 2. The average molecular weight is 490 g/mol. The Morgan fingerprint density at radius 1 is 1.09 bits per heavy atom. The van der Waals surface area contributed by atoms with E-state index >= 15 is 0 Å². The van der Waals surface area contributed by atoms with Crippen LogP contribution in [0.5, 0.6) is 5.75 Å². The van der Waals surface area contributed by atoms with Crippen molar-refractivity contribution in [3.63, 3.8) is 0 Å². The van der Waals surface area contributed by atoms with Gasteiger partial charge in [-0.3, -0.25) is 0 Å². The van der Waals surface area contributed by atoms with Crippen molar-refractivity contribution in [2.45, 2.75) is 62.5 Å². The van der Waals surface area contributed by atoms with Gasteiger partial charge in [-0.25, -0.2) is 4.98 Å². The molecule has 182 valence electrons. The Balaban J connectivity index is 1.31. The second-order valence-electron chi connectivity index (χ2n) is 8.94. The summed E-state index contributed by atoms with van der Waals surface area (Å²) in [5, 5.41) is 13.6. The minimum Gasteiger partial charge on any atom is -0.497 e. The van der Waals surface area contributed by atoms with Crippen LogP contribution in [-0.4, -0.2) is 26.9 Å². The molecule has 1 aliphatic rings. The third kappa shape index (κ3) is 5.70. The number of hydrogen-bond acceptors (Lipinski definition) is 7. The summed E-state index contributed by atoms with van der Waals surface area (Å²) in [5.41, 5.74) is 4.11. The van der Waals surface area contributed by atoms with Gasteiger partial charge in [-0.1, -0.05) is 54.8 Å². The number of nitrogens with zero attached hydrogens (tertiary/aromatic N) is 4. The van der Waals surface area contributed by atoms with Crippen molar-refractivity contribution < 1.29 is 9.15 Å². The van der Waals surface area contributed by atoms with E-state index < -0.39 is 0 Å². The van der Waals surface area contributed by atoms with Gasteiger partial charge < -0.3 is 19.0 Å². The first kappa shape index (κ1) is 23.5. The minimum atomic E-state index is 0.434. The standard InChI is InChI=1S/C27H31N5O2S/c1-19-11-13-20(14-12-19)26-29-22(17-34-26)18-35-27-31-30-25(32(27)23-8-4-3-5-9-23)16-28-21-7-6-10-24(15-21)33-2/h6-7,10-15,17,23,28H,3-5,8-9,16,18H2,1-2H3. The molecule has 1 aliphatic carbocycles. The van der Waals surface area contributed by atoms with Gasteiger partial charge >= 0.3 is 0 Å². The minimum absolute atomic E-state index is 0.434. The largest absolute Gasteiger partial charge is 0.497 e. The van der Waals surface area contributed by atoms with Crippen molar-refractivity contribution >= 4 is 17.4 Å². The van der Waals surface area contributed by atoms with Crippen LogP contribution >= 0.6 is 11.8 Å². The number of anilines is 1. The number of ether oxygens (including phenoxy) is 1. The summed E-state index contributed by atoms with van der Waals surface area (Å²) in [6, 6.07) is 16.6. The highest BCUT2D eigenvalue weighted by atomic mass is 32.2. The molecule has 0 saturated heterocycles. The normalized spacial score (nSPS) is 14.2. The van der Waals surface area contributed by atoms with Crippen molar-refractivity contribution in [3.05, 3.63) is 71.9 Å². The Morgan fingerprint density at radius 2 is 1.91 bits per heavy atom. The first-order valence-corrected chi connectivity index (χ1v) is 13.1. The van der Waals surface area contributed by atoms with E-state index in [1.54, 1.807) is 25.1 Å². The van der Waals surface area contributed by atoms with E-state index in [0.29, 0.717) is 24.2 Å². The van der Waals surface area contributed by atoms with Gasteiger partial charge in [-0.15, -0.1) is 10.2 Å². The summed E-state index contributed by atoms with van der Waals surface area (Å²) in [4.78, 5) is 4.70. The third-order valence-corrected chi connectivity index (χ3v) is 7.37. The zero-order valence-corrected chi connectivity index (χ0v) is 21.1. The fourth-order valence-corrected chi connectivity index (χ4v) is 5.39. The molecule has 4 aromatic rings. The molecule has 35 heavy (non-hydrogen) atoms. The SMILES string of the molecule is COc1cccc(NCc2nnc(SCc3coc(-c4ccc(C)cc4)n3)n2C2CCCCC2)c1. The number of aryl methyl sites for hydroxylation is 1. The summed E-state index contributed by atoms with van der Waals surface area (Å²) < 4.78 is 13.4. The average Bonchev–Trinajstić information content (AvgIpc) is 3.54. The van der Waals surface area contributed by atoms with Gasteiger partial charge in [0.1, 0.15) is 12.0 Å². The molecule has 2 aromatic heterocycles. The molecular formula is C27H31N5O2S. The molecule has 1 fully saturated rings. The Bertz CT molecular complexity index is 1240. The maximum atomic E-state index is 5.75. The van der Waals surface area contributed by atoms with Crippen molar-refractivity contribution in [1.82, 2.24) is 19.7 Å². The molecule has 0 aliphatic heterocycles. The molecule has 0 amide bonds. The van der Waals surface area contributed by atoms with E-state index in [1.807, 2.05) is 36.4 Å². The highest BCUT2D eigenvalue weighted by molar-refractivity contribution is 7.98. The Labute approximate surface area is 210 Å². The molecule has 1 saturated carbocycles. The molecule has 7 nitrogen and oxygen atoms in total. The van der Waals surface area contributed by atoms with Gasteiger partial charge in [0.15, 0.2) is 11.0 Å². The van der Waals surface area contributed by atoms with Gasteiger partial charge in [0.25, 0.3) is 0 Å². The summed E-state index contributed by atoms with van der Waals surface area (Å²) in [5.74, 6) is 3.13. The predicted molar refractivity (Wildman–Crippen MR) is 139 cm³/mol. The lowest BCUT2D eigenvalue weighted by Gasteiger charge is -2.25. The van der Waals surface area contributed by atoms with E-state index in [-0.39, 0.29) is 0 Å². The van der Waals surface area contributed by atoms with Crippen molar-refractivity contribution in [3.8, 4) is 17.2 Å². The number of methoxy groups -OCH3 is 1. The molecule has 0 unspecified atom stereocenters. The number of rotatable bonds is 9. The van der Waals surface area contributed by atoms with E-state index in [2.05, 4.69) is 39.1 Å². The second-order valence-corrected chi connectivity index (χ2v) is 9.89. The Kier molecular flexibility index (Phi) is 7.37. The smallest absolute Gasteiger partial charge is 0.226 e. The van der Waals surface area contributed by atoms with E-state index in [1.165, 1.54) is 37.7 Å². The lowest BCUT2D eigenvalue weighted by atomic mass is 9.95. The van der Waals surface area contributed by atoms with Gasteiger partial charge in [0.2, 0.25) is 5.89 Å². The van der Waals surface area contributed by atoms with Crippen LogP contribution in [0.3, 0.4) is 0 Å². The van der Waals surface area contributed by atoms with Crippen molar-refractivity contribution in [2.75, 3.05) is 12.4 Å². The highest BCUT2D eigenvalue weighted by Gasteiger charge is 2.23. The molecule has 2 aromatic carbocycles. The first-order valence-electron chi connectivity index (χ1n) is 12.2. The molecular weight excluding hydrogens is 458 g/mol. The number of thioether (sulfide) groups is 1. The fourth-order valence-electron chi connectivity index (χ4n) is 4.49. The van der Waals surface area contributed by atoms with Crippen LogP contribution in [-0.2, 0) is 12.3 Å². The van der Waals surface area contributed by atoms with E-state index in [4.69, 9.17) is 14.1 Å². The molecule has 0 bridgehead atoms. The summed E-state index contributed by atoms with van der Waals surface area (Å²) >= 11 is 1.67. The van der Waals surface area contributed by atoms with Crippen LogP contribution in [0.2, 0.25) is 0 Å². The molecule has 5 rings (SSSR count). The van der Waals surface area contributed by atoms with Crippen molar-refractivity contribution in [2.24, 2.45) is 0 Å². The van der Waals surface area contributed by atoms with Gasteiger partial charge in [0.05, 0.1) is 19.3 Å². The van der Waals surface area contributed by atoms with Gasteiger partial charge in [-0.2, -0.15) is 0 Å². The second kappa shape index (κ2) is 11.0. The maximum absolute atomic E-state index is 5.75. The number of oxazole rings is 1. The number of aromatic nitrogens is 4. The van der Waals surface area contributed by atoms with E-state index in [0.717, 1.165) is 33.7 Å². The molecule has 0 radical (unpaired) electrons. The van der Waals surface area contributed by atoms with Crippen LogP contribution in [0.4, 0.5) is 5.69 Å². The van der Waals surface area contributed by atoms with E-state index in [9.17, 15) is 0 Å². The lowest BCUT2D eigenvalue weighted by Crippen LogP contribution is -2.18. The summed E-state index contributed by atoms with van der Waals surface area (Å²) in [7, 11) is 1.68. The molecule has 1 N–H and O–H groups in total. The highest BCUT2D eigenvalue weighted by Crippen LogP contribution is 2.34. The molecule has 0 atom stereocenters. The quantitative estimate of drug-likeness (QED) is 0.263. The fraction of sp³-hybridized carbons (Fsp3) is 0.370. The summed E-state index contributed by atoms with van der Waals surface area (Å²) in [6.07, 6.45) is 7.88. The van der Waals surface area contributed by atoms with Crippen LogP contribution in [0, 0.1) is 6.92 Å². The number of nitrogens with one attached hydrogen (secondary N) is 1. The lowest BCUT2D eigenvalue weighted by molar-refractivity contribution is 0.330. The van der Waals surface area contributed by atoms with Crippen molar-refractivity contribution in [1.29, 1.82) is 0 Å². The molecule has 2 heterocycles. The van der Waals surface area contributed by atoms with Crippen LogP contribution < -0.4 is 10.1 Å². The first-order chi connectivity index (χ1) is 17.2. The molecule has 0 spiro atoms.